The van der Waals surface area contributed by atoms with E-state index in [9.17, 15) is 0 Å². The highest BCUT2D eigenvalue weighted by atomic mass is 35.5. The molecule has 0 saturated heterocycles. The van der Waals surface area contributed by atoms with Crippen molar-refractivity contribution in [3.05, 3.63) is 59.7 Å². The van der Waals surface area contributed by atoms with E-state index in [-0.39, 0.29) is 11.4 Å². The first-order chi connectivity index (χ1) is 8.84. The van der Waals surface area contributed by atoms with Crippen LogP contribution in [0.25, 0.3) is 0 Å². The van der Waals surface area contributed by atoms with Gasteiger partial charge in [-0.25, -0.2) is 9.97 Å². The van der Waals surface area contributed by atoms with E-state index < -0.39 is 0 Å². The number of halogens is 1. The topological polar surface area (TPSA) is 37.8 Å². The summed E-state index contributed by atoms with van der Waals surface area (Å²) in [5.41, 5.74) is 2.64. The summed E-state index contributed by atoms with van der Waals surface area (Å²) >= 11 is 6.41. The predicted molar refractivity (Wildman–Crippen MR) is 71.4 cm³/mol. The van der Waals surface area contributed by atoms with Crippen molar-refractivity contribution in [1.29, 1.82) is 0 Å². The summed E-state index contributed by atoms with van der Waals surface area (Å²) in [6.45, 7) is 0.642. The molecule has 0 radical (unpaired) electrons. The fourth-order valence-electron chi connectivity index (χ4n) is 2.41. The molecule has 2 unspecified atom stereocenters. The van der Waals surface area contributed by atoms with Gasteiger partial charge in [0.2, 0.25) is 0 Å². The van der Waals surface area contributed by atoms with E-state index in [0.29, 0.717) is 6.54 Å². The molecule has 92 valence electrons. The van der Waals surface area contributed by atoms with Crippen molar-refractivity contribution in [2.75, 3.05) is 0 Å². The first kappa shape index (κ1) is 11.6. The molecule has 0 amide bonds. The Bertz CT molecular complexity index is 530. The second-order valence-electron chi connectivity index (χ2n) is 4.44. The summed E-state index contributed by atoms with van der Waals surface area (Å²) in [6.07, 6.45) is 4.43. The molecule has 0 aliphatic heterocycles. The van der Waals surface area contributed by atoms with Crippen LogP contribution in [0.3, 0.4) is 0 Å². The van der Waals surface area contributed by atoms with Crippen LogP contribution < -0.4 is 5.32 Å². The average molecular weight is 260 g/mol. The van der Waals surface area contributed by atoms with Gasteiger partial charge >= 0.3 is 0 Å². The van der Waals surface area contributed by atoms with Crippen LogP contribution in [0.5, 0.6) is 0 Å². The molecule has 3 nitrogen and oxygen atoms in total. The molecule has 1 aliphatic carbocycles. The zero-order chi connectivity index (χ0) is 12.4. The number of fused-ring (bicyclic) bond motifs is 1. The van der Waals surface area contributed by atoms with E-state index in [0.717, 1.165) is 12.2 Å². The first-order valence-corrected chi connectivity index (χ1v) is 6.49. The zero-order valence-electron chi connectivity index (χ0n) is 9.88. The summed E-state index contributed by atoms with van der Waals surface area (Å²) in [6, 6.07) is 10.4. The lowest BCUT2D eigenvalue weighted by molar-refractivity contribution is 0.524. The van der Waals surface area contributed by atoms with Gasteiger partial charge < -0.3 is 5.32 Å². The molecule has 1 heterocycles. The van der Waals surface area contributed by atoms with Crippen LogP contribution in [0.1, 0.15) is 23.0 Å². The third kappa shape index (κ3) is 2.24. The largest absolute Gasteiger partial charge is 0.302 e. The molecule has 0 saturated carbocycles. The number of hydrogen-bond acceptors (Lipinski definition) is 3. The molecule has 1 aromatic heterocycles. The summed E-state index contributed by atoms with van der Waals surface area (Å²) in [5, 5.41) is 3.55. The van der Waals surface area contributed by atoms with Crippen molar-refractivity contribution >= 4 is 11.6 Å². The SMILES string of the molecule is ClC1Cc2ccccc2C1NCc1ncccn1. The number of hydrogen-bond donors (Lipinski definition) is 1. The lowest BCUT2D eigenvalue weighted by Gasteiger charge is -2.16. The Morgan fingerprint density at radius 3 is 2.78 bits per heavy atom. The Morgan fingerprint density at radius 1 is 1.17 bits per heavy atom. The molecular formula is C14H14ClN3. The summed E-state index contributed by atoms with van der Waals surface area (Å²) in [4.78, 5) is 8.41. The molecular weight excluding hydrogens is 246 g/mol. The Balaban J connectivity index is 1.74. The lowest BCUT2D eigenvalue weighted by atomic mass is 10.1. The minimum atomic E-state index is 0.103. The fraction of sp³-hybridized carbons (Fsp3) is 0.286. The van der Waals surface area contributed by atoms with Crippen LogP contribution in [-0.2, 0) is 13.0 Å². The Morgan fingerprint density at radius 2 is 1.94 bits per heavy atom. The highest BCUT2D eigenvalue weighted by Crippen LogP contribution is 2.34. The molecule has 0 bridgehead atoms. The minimum absolute atomic E-state index is 0.103. The van der Waals surface area contributed by atoms with Gasteiger partial charge in [0.25, 0.3) is 0 Å². The molecule has 1 aliphatic rings. The van der Waals surface area contributed by atoms with Crippen molar-refractivity contribution in [1.82, 2.24) is 15.3 Å². The van der Waals surface area contributed by atoms with Crippen LogP contribution in [0, 0.1) is 0 Å². The maximum absolute atomic E-state index is 6.41. The van der Waals surface area contributed by atoms with Gasteiger partial charge in [-0.3, -0.25) is 0 Å². The van der Waals surface area contributed by atoms with Crippen LogP contribution in [0.15, 0.2) is 42.7 Å². The third-order valence-corrected chi connectivity index (χ3v) is 3.67. The molecule has 1 N–H and O–H groups in total. The number of benzene rings is 1. The number of nitrogens with one attached hydrogen (secondary N) is 1. The van der Waals surface area contributed by atoms with Crippen molar-refractivity contribution in [2.24, 2.45) is 0 Å². The molecule has 1 aromatic carbocycles. The van der Waals surface area contributed by atoms with E-state index in [1.165, 1.54) is 11.1 Å². The van der Waals surface area contributed by atoms with Crippen molar-refractivity contribution in [2.45, 2.75) is 24.4 Å². The monoisotopic (exact) mass is 259 g/mol. The number of aromatic nitrogens is 2. The fourth-order valence-corrected chi connectivity index (χ4v) is 2.80. The Kier molecular flexibility index (Phi) is 3.26. The highest BCUT2D eigenvalue weighted by Gasteiger charge is 2.30. The molecule has 2 atom stereocenters. The molecule has 18 heavy (non-hydrogen) atoms. The first-order valence-electron chi connectivity index (χ1n) is 6.06. The van der Waals surface area contributed by atoms with Crippen LogP contribution in [0.4, 0.5) is 0 Å². The standard InChI is InChI=1S/C14H14ClN3/c15-12-8-10-4-1-2-5-11(10)14(12)18-9-13-16-6-3-7-17-13/h1-7,12,14,18H,8-9H2. The van der Waals surface area contributed by atoms with Crippen LogP contribution in [-0.4, -0.2) is 15.3 Å². The second kappa shape index (κ2) is 5.04. The van der Waals surface area contributed by atoms with Gasteiger partial charge in [-0.1, -0.05) is 24.3 Å². The summed E-state index contributed by atoms with van der Waals surface area (Å²) in [7, 11) is 0. The Hall–Kier alpha value is -1.45. The predicted octanol–water partition coefficient (Wildman–Crippen LogP) is 2.47. The maximum atomic E-state index is 6.41. The molecule has 4 heteroatoms. The van der Waals surface area contributed by atoms with Crippen molar-refractivity contribution < 1.29 is 0 Å². The van der Waals surface area contributed by atoms with E-state index in [1.807, 2.05) is 6.07 Å². The van der Waals surface area contributed by atoms with Gasteiger partial charge in [0.1, 0.15) is 5.82 Å². The quantitative estimate of drug-likeness (QED) is 0.861. The summed E-state index contributed by atoms with van der Waals surface area (Å²) in [5.74, 6) is 0.797. The van der Waals surface area contributed by atoms with Crippen LogP contribution in [0.2, 0.25) is 0 Å². The zero-order valence-corrected chi connectivity index (χ0v) is 10.6. The maximum Gasteiger partial charge on any atom is 0.141 e. The summed E-state index contributed by atoms with van der Waals surface area (Å²) < 4.78 is 0. The highest BCUT2D eigenvalue weighted by molar-refractivity contribution is 6.21. The number of nitrogens with zero attached hydrogens (tertiary/aromatic N) is 2. The van der Waals surface area contributed by atoms with E-state index in [2.05, 4.69) is 39.6 Å². The van der Waals surface area contributed by atoms with Gasteiger partial charge in [-0.2, -0.15) is 0 Å². The molecule has 3 rings (SSSR count). The van der Waals surface area contributed by atoms with Gasteiger partial charge in [-0.15, -0.1) is 11.6 Å². The lowest BCUT2D eigenvalue weighted by Crippen LogP contribution is -2.26. The minimum Gasteiger partial charge on any atom is -0.302 e. The third-order valence-electron chi connectivity index (χ3n) is 3.27. The average Bonchev–Trinajstić information content (AvgIpc) is 2.73. The smallest absolute Gasteiger partial charge is 0.141 e. The van der Waals surface area contributed by atoms with Crippen LogP contribution >= 0.6 is 11.6 Å². The van der Waals surface area contributed by atoms with Gasteiger partial charge in [0, 0.05) is 18.4 Å². The molecule has 2 aromatic rings. The molecule has 0 spiro atoms. The van der Waals surface area contributed by atoms with E-state index >= 15 is 0 Å². The normalized spacial score (nSPS) is 21.8. The van der Waals surface area contributed by atoms with Gasteiger partial charge in [0.15, 0.2) is 0 Å². The van der Waals surface area contributed by atoms with Crippen molar-refractivity contribution in [3.63, 3.8) is 0 Å². The van der Waals surface area contributed by atoms with Gasteiger partial charge in [0.05, 0.1) is 11.9 Å². The number of alkyl halides is 1. The van der Waals surface area contributed by atoms with Gasteiger partial charge in [-0.05, 0) is 23.6 Å². The van der Waals surface area contributed by atoms with Crippen molar-refractivity contribution in [3.8, 4) is 0 Å². The second-order valence-corrected chi connectivity index (χ2v) is 5.00. The van der Waals surface area contributed by atoms with E-state index in [1.54, 1.807) is 12.4 Å². The van der Waals surface area contributed by atoms with E-state index in [4.69, 9.17) is 11.6 Å². The Labute approximate surface area is 111 Å². The number of rotatable bonds is 3. The molecule has 0 fully saturated rings.